The van der Waals surface area contributed by atoms with Gasteiger partial charge >= 0.3 is 5.97 Å². The van der Waals surface area contributed by atoms with Crippen LogP contribution in [-0.4, -0.2) is 47.8 Å². The van der Waals surface area contributed by atoms with E-state index in [4.69, 9.17) is 4.74 Å². The Morgan fingerprint density at radius 3 is 2.65 bits per heavy atom. The van der Waals surface area contributed by atoms with Crippen LogP contribution in [-0.2, 0) is 9.53 Å². The molecule has 1 heterocycles. The zero-order valence-corrected chi connectivity index (χ0v) is 11.0. The highest BCUT2D eigenvalue weighted by atomic mass is 16.5. The molecule has 0 amide bonds. The molecule has 0 radical (unpaired) electrons. The molecule has 1 aliphatic heterocycles. The Kier molecular flexibility index (Phi) is 3.46. The van der Waals surface area contributed by atoms with Crippen LogP contribution in [0.25, 0.3) is 0 Å². The van der Waals surface area contributed by atoms with Crippen molar-refractivity contribution in [3.63, 3.8) is 0 Å². The lowest BCUT2D eigenvalue weighted by Crippen LogP contribution is -2.55. The summed E-state index contributed by atoms with van der Waals surface area (Å²) in [6.07, 6.45) is 2.28. The zero-order chi connectivity index (χ0) is 12.6. The van der Waals surface area contributed by atoms with Gasteiger partial charge < -0.3 is 9.84 Å². The molecule has 0 bridgehead atoms. The fraction of sp³-hybridized carbons (Fsp3) is 0.923. The molecule has 4 heteroatoms. The van der Waals surface area contributed by atoms with Crippen LogP contribution in [0.3, 0.4) is 0 Å². The lowest BCUT2D eigenvalue weighted by atomic mass is 9.91. The van der Waals surface area contributed by atoms with Gasteiger partial charge in [-0.15, -0.1) is 0 Å². The van der Waals surface area contributed by atoms with Gasteiger partial charge in [0.2, 0.25) is 0 Å². The van der Waals surface area contributed by atoms with Crippen molar-refractivity contribution in [1.29, 1.82) is 0 Å². The van der Waals surface area contributed by atoms with Gasteiger partial charge in [-0.1, -0.05) is 20.8 Å². The van der Waals surface area contributed by atoms with Crippen LogP contribution in [0.4, 0.5) is 0 Å². The fourth-order valence-electron chi connectivity index (χ4n) is 3.53. The number of carbonyl (C=O) groups is 1. The standard InChI is InChI=1S/C13H23NO3/c1-9-6-13(2,3)7-10(9)14-4-5-17-8-11(14)12(15)16/h9-11H,4-8H2,1-3H3,(H,15,16). The molecule has 2 rings (SSSR count). The predicted octanol–water partition coefficient (Wildman–Crippen LogP) is 1.60. The van der Waals surface area contributed by atoms with Gasteiger partial charge in [-0.25, -0.2) is 0 Å². The van der Waals surface area contributed by atoms with Crippen molar-refractivity contribution in [2.45, 2.75) is 45.7 Å². The highest BCUT2D eigenvalue weighted by molar-refractivity contribution is 5.73. The van der Waals surface area contributed by atoms with E-state index >= 15 is 0 Å². The maximum atomic E-state index is 11.3. The normalized spacial score (nSPS) is 38.2. The van der Waals surface area contributed by atoms with Crippen molar-refractivity contribution < 1.29 is 14.6 Å². The number of ether oxygens (including phenoxy) is 1. The summed E-state index contributed by atoms with van der Waals surface area (Å²) in [6.45, 7) is 8.54. The Balaban J connectivity index is 2.12. The third kappa shape index (κ3) is 2.63. The summed E-state index contributed by atoms with van der Waals surface area (Å²) < 4.78 is 5.30. The number of hydrogen-bond donors (Lipinski definition) is 1. The van der Waals surface area contributed by atoms with E-state index in [1.807, 2.05) is 0 Å². The molecule has 98 valence electrons. The molecule has 0 aromatic rings. The molecule has 1 N–H and O–H groups in total. The van der Waals surface area contributed by atoms with Gasteiger partial charge in [0.25, 0.3) is 0 Å². The Morgan fingerprint density at radius 1 is 1.41 bits per heavy atom. The van der Waals surface area contributed by atoms with Gasteiger partial charge in [-0.3, -0.25) is 9.69 Å². The smallest absolute Gasteiger partial charge is 0.323 e. The van der Waals surface area contributed by atoms with Crippen LogP contribution in [0.1, 0.15) is 33.6 Å². The second-order valence-corrected chi connectivity index (χ2v) is 6.28. The molecule has 0 spiro atoms. The largest absolute Gasteiger partial charge is 0.480 e. The number of carboxylic acids is 1. The molecule has 2 fully saturated rings. The second-order valence-electron chi connectivity index (χ2n) is 6.28. The number of hydrogen-bond acceptors (Lipinski definition) is 3. The molecule has 2 aliphatic rings. The van der Waals surface area contributed by atoms with Crippen molar-refractivity contribution >= 4 is 5.97 Å². The molecule has 3 unspecified atom stereocenters. The minimum absolute atomic E-state index is 0.332. The van der Waals surface area contributed by atoms with E-state index in [1.54, 1.807) is 0 Å². The second kappa shape index (κ2) is 4.58. The van der Waals surface area contributed by atoms with Crippen molar-refractivity contribution in [2.24, 2.45) is 11.3 Å². The van der Waals surface area contributed by atoms with E-state index in [9.17, 15) is 9.90 Å². The van der Waals surface area contributed by atoms with Crippen LogP contribution in [0.15, 0.2) is 0 Å². The molecular weight excluding hydrogens is 218 g/mol. The zero-order valence-electron chi connectivity index (χ0n) is 11.0. The summed E-state index contributed by atoms with van der Waals surface area (Å²) in [7, 11) is 0. The van der Waals surface area contributed by atoms with E-state index in [-0.39, 0.29) is 0 Å². The van der Waals surface area contributed by atoms with E-state index in [0.29, 0.717) is 30.6 Å². The molecule has 1 saturated heterocycles. The number of rotatable bonds is 2. The van der Waals surface area contributed by atoms with E-state index < -0.39 is 12.0 Å². The van der Waals surface area contributed by atoms with Gasteiger partial charge in [-0.2, -0.15) is 0 Å². The lowest BCUT2D eigenvalue weighted by Gasteiger charge is -2.39. The fourth-order valence-corrected chi connectivity index (χ4v) is 3.53. The summed E-state index contributed by atoms with van der Waals surface area (Å²) in [4.78, 5) is 13.4. The first kappa shape index (κ1) is 12.8. The van der Waals surface area contributed by atoms with Crippen LogP contribution < -0.4 is 0 Å². The Labute approximate surface area is 103 Å². The maximum absolute atomic E-state index is 11.3. The number of morpholine rings is 1. The monoisotopic (exact) mass is 241 g/mol. The summed E-state index contributed by atoms with van der Waals surface area (Å²) in [6, 6.07) is -0.0555. The summed E-state index contributed by atoms with van der Waals surface area (Å²) in [5, 5.41) is 9.26. The Hall–Kier alpha value is -0.610. The molecule has 1 aliphatic carbocycles. The molecule has 17 heavy (non-hydrogen) atoms. The topological polar surface area (TPSA) is 49.8 Å². The number of carboxylic acid groups (broad SMARTS) is 1. The minimum Gasteiger partial charge on any atom is -0.480 e. The van der Waals surface area contributed by atoms with Crippen LogP contribution in [0.2, 0.25) is 0 Å². The Morgan fingerprint density at radius 2 is 2.12 bits per heavy atom. The number of nitrogens with zero attached hydrogens (tertiary/aromatic N) is 1. The molecule has 0 aromatic heterocycles. The van der Waals surface area contributed by atoms with Gasteiger partial charge in [-0.05, 0) is 24.2 Å². The van der Waals surface area contributed by atoms with Crippen molar-refractivity contribution in [3.8, 4) is 0 Å². The van der Waals surface area contributed by atoms with Crippen molar-refractivity contribution in [1.82, 2.24) is 4.90 Å². The van der Waals surface area contributed by atoms with Gasteiger partial charge in [0.1, 0.15) is 6.04 Å². The van der Waals surface area contributed by atoms with E-state index in [2.05, 4.69) is 25.7 Å². The average molecular weight is 241 g/mol. The van der Waals surface area contributed by atoms with Crippen LogP contribution >= 0.6 is 0 Å². The van der Waals surface area contributed by atoms with E-state index in [0.717, 1.165) is 13.0 Å². The predicted molar refractivity (Wildman–Crippen MR) is 64.9 cm³/mol. The number of aliphatic carboxylic acids is 1. The van der Waals surface area contributed by atoms with Crippen LogP contribution in [0, 0.1) is 11.3 Å². The minimum atomic E-state index is -0.749. The first-order valence-corrected chi connectivity index (χ1v) is 6.47. The summed E-state index contributed by atoms with van der Waals surface area (Å²) >= 11 is 0. The average Bonchev–Trinajstić information content (AvgIpc) is 2.52. The molecule has 0 aromatic carbocycles. The summed E-state index contributed by atoms with van der Waals surface area (Å²) in [5.74, 6) is -0.174. The molecular formula is C13H23NO3. The van der Waals surface area contributed by atoms with Crippen molar-refractivity contribution in [2.75, 3.05) is 19.8 Å². The summed E-state index contributed by atoms with van der Waals surface area (Å²) in [5.41, 5.74) is 0.339. The van der Waals surface area contributed by atoms with Crippen molar-refractivity contribution in [3.05, 3.63) is 0 Å². The van der Waals surface area contributed by atoms with Gasteiger partial charge in [0, 0.05) is 12.6 Å². The third-order valence-corrected chi connectivity index (χ3v) is 4.17. The molecule has 1 saturated carbocycles. The maximum Gasteiger partial charge on any atom is 0.323 e. The van der Waals surface area contributed by atoms with Gasteiger partial charge in [0.05, 0.1) is 13.2 Å². The third-order valence-electron chi connectivity index (χ3n) is 4.17. The highest BCUT2D eigenvalue weighted by Gasteiger charge is 2.44. The molecule has 4 nitrogen and oxygen atoms in total. The lowest BCUT2D eigenvalue weighted by molar-refractivity contribution is -0.152. The first-order chi connectivity index (χ1) is 7.91. The van der Waals surface area contributed by atoms with Gasteiger partial charge in [0.15, 0.2) is 0 Å². The first-order valence-electron chi connectivity index (χ1n) is 6.47. The Bertz CT molecular complexity index is 303. The quantitative estimate of drug-likeness (QED) is 0.797. The SMILES string of the molecule is CC1CC(C)(C)CC1N1CCOCC1C(=O)O. The highest BCUT2D eigenvalue weighted by Crippen LogP contribution is 2.43. The molecule has 3 atom stereocenters. The van der Waals surface area contributed by atoms with E-state index in [1.165, 1.54) is 6.42 Å². The van der Waals surface area contributed by atoms with Crippen LogP contribution in [0.5, 0.6) is 0 Å².